The van der Waals surface area contributed by atoms with Crippen molar-refractivity contribution < 1.29 is 27.4 Å². The molecule has 0 bridgehead atoms. The fourth-order valence-corrected chi connectivity index (χ4v) is 1.70. The average Bonchev–Trinajstić information content (AvgIpc) is 2.89. The molecular formula is C12H13F3N2O3. The van der Waals surface area contributed by atoms with Crippen LogP contribution in [0.5, 0.6) is 5.88 Å². The molecule has 1 aliphatic rings. The molecule has 0 radical (unpaired) electrons. The second-order valence-corrected chi connectivity index (χ2v) is 4.26. The fourth-order valence-electron chi connectivity index (χ4n) is 1.70. The summed E-state index contributed by atoms with van der Waals surface area (Å²) in [6.45, 7) is -0.472. The monoisotopic (exact) mass is 290 g/mol. The molecule has 1 N–H and O–H groups in total. The number of carbonyl (C=O) groups excluding carboxylic acids is 1. The highest BCUT2D eigenvalue weighted by molar-refractivity contribution is 5.96. The second-order valence-electron chi connectivity index (χ2n) is 4.26. The molecule has 5 nitrogen and oxygen atoms in total. The van der Waals surface area contributed by atoms with Crippen LogP contribution in [-0.4, -0.2) is 42.9 Å². The van der Waals surface area contributed by atoms with Gasteiger partial charge in [-0.05, 0) is 12.1 Å². The first kappa shape index (κ1) is 14.6. The fraction of sp³-hybridized carbons (Fsp3) is 0.500. The number of hydrogen-bond acceptors (Lipinski definition) is 4. The van der Waals surface area contributed by atoms with Gasteiger partial charge in [-0.3, -0.25) is 4.79 Å². The standard InChI is InChI=1S/C12H13F3N2O3/c13-12(14,15)7-17-10(18)9-2-1-4-16-11(9)20-8-3-5-19-6-8/h1-2,4,8H,3,5-7H2,(H,17,18)/t8-/m0/s1. The number of aromatic nitrogens is 1. The molecule has 0 saturated carbocycles. The first-order valence-corrected chi connectivity index (χ1v) is 6.00. The highest BCUT2D eigenvalue weighted by atomic mass is 19.4. The van der Waals surface area contributed by atoms with E-state index in [0.29, 0.717) is 19.6 Å². The van der Waals surface area contributed by atoms with E-state index in [9.17, 15) is 18.0 Å². The summed E-state index contributed by atoms with van der Waals surface area (Å²) in [4.78, 5) is 15.6. The van der Waals surface area contributed by atoms with Crippen molar-refractivity contribution in [2.24, 2.45) is 0 Å². The molecule has 2 heterocycles. The van der Waals surface area contributed by atoms with Gasteiger partial charge in [0.25, 0.3) is 5.91 Å². The molecule has 0 aromatic carbocycles. The third kappa shape index (κ3) is 4.09. The predicted molar refractivity (Wildman–Crippen MR) is 62.5 cm³/mol. The van der Waals surface area contributed by atoms with Crippen molar-refractivity contribution in [3.05, 3.63) is 23.9 Å². The van der Waals surface area contributed by atoms with E-state index in [4.69, 9.17) is 9.47 Å². The van der Waals surface area contributed by atoms with Gasteiger partial charge in [-0.2, -0.15) is 13.2 Å². The predicted octanol–water partition coefficient (Wildman–Crippen LogP) is 1.54. The number of nitrogens with zero attached hydrogens (tertiary/aromatic N) is 1. The van der Waals surface area contributed by atoms with Crippen molar-refractivity contribution >= 4 is 5.91 Å². The van der Waals surface area contributed by atoms with Gasteiger partial charge in [0.1, 0.15) is 18.2 Å². The summed E-state index contributed by atoms with van der Waals surface area (Å²) in [6, 6.07) is 2.82. The molecular weight excluding hydrogens is 277 g/mol. The maximum atomic E-state index is 12.1. The van der Waals surface area contributed by atoms with E-state index in [1.54, 1.807) is 5.32 Å². The first-order valence-electron chi connectivity index (χ1n) is 6.00. The minimum atomic E-state index is -4.46. The van der Waals surface area contributed by atoms with Crippen LogP contribution in [0.1, 0.15) is 16.8 Å². The van der Waals surface area contributed by atoms with Gasteiger partial charge in [-0.15, -0.1) is 0 Å². The number of alkyl halides is 3. The van der Waals surface area contributed by atoms with E-state index in [1.807, 2.05) is 0 Å². The van der Waals surface area contributed by atoms with Gasteiger partial charge >= 0.3 is 6.18 Å². The van der Waals surface area contributed by atoms with E-state index in [1.165, 1.54) is 18.3 Å². The van der Waals surface area contributed by atoms with E-state index in [2.05, 4.69) is 4.98 Å². The molecule has 1 atom stereocenters. The van der Waals surface area contributed by atoms with Gasteiger partial charge in [0.15, 0.2) is 0 Å². The molecule has 1 fully saturated rings. The maximum Gasteiger partial charge on any atom is 0.405 e. The maximum absolute atomic E-state index is 12.1. The highest BCUT2D eigenvalue weighted by Crippen LogP contribution is 2.20. The van der Waals surface area contributed by atoms with Crippen LogP contribution in [0.15, 0.2) is 18.3 Å². The highest BCUT2D eigenvalue weighted by Gasteiger charge is 2.29. The van der Waals surface area contributed by atoms with Crippen molar-refractivity contribution in [3.8, 4) is 5.88 Å². The molecule has 1 saturated heterocycles. The summed E-state index contributed by atoms with van der Waals surface area (Å²) in [5.74, 6) is -0.855. The average molecular weight is 290 g/mol. The van der Waals surface area contributed by atoms with Crippen LogP contribution in [0, 0.1) is 0 Å². The smallest absolute Gasteiger partial charge is 0.405 e. The molecule has 0 spiro atoms. The molecule has 1 amide bonds. The van der Waals surface area contributed by atoms with Crippen molar-refractivity contribution in [2.75, 3.05) is 19.8 Å². The summed E-state index contributed by atoms with van der Waals surface area (Å²) in [5.41, 5.74) is -0.0244. The molecule has 20 heavy (non-hydrogen) atoms. The van der Waals surface area contributed by atoms with Crippen LogP contribution in [0.25, 0.3) is 0 Å². The van der Waals surface area contributed by atoms with Crippen molar-refractivity contribution in [2.45, 2.75) is 18.7 Å². The van der Waals surface area contributed by atoms with Gasteiger partial charge in [-0.1, -0.05) is 0 Å². The van der Waals surface area contributed by atoms with Crippen molar-refractivity contribution in [1.82, 2.24) is 10.3 Å². The summed E-state index contributed by atoms with van der Waals surface area (Å²) >= 11 is 0. The number of hydrogen-bond donors (Lipinski definition) is 1. The van der Waals surface area contributed by atoms with Crippen LogP contribution in [0.4, 0.5) is 13.2 Å². The molecule has 8 heteroatoms. The zero-order valence-electron chi connectivity index (χ0n) is 10.4. The largest absolute Gasteiger partial charge is 0.471 e. The Morgan fingerprint density at radius 2 is 2.35 bits per heavy atom. The lowest BCUT2D eigenvalue weighted by atomic mass is 10.2. The van der Waals surface area contributed by atoms with Crippen LogP contribution in [0.2, 0.25) is 0 Å². The SMILES string of the molecule is O=C(NCC(F)(F)F)c1cccnc1O[C@H]1CCOC1. The molecule has 1 aromatic heterocycles. The Bertz CT molecular complexity index is 473. The Balaban J connectivity index is 2.04. The van der Waals surface area contributed by atoms with Crippen molar-refractivity contribution in [1.29, 1.82) is 0 Å². The molecule has 0 aliphatic carbocycles. The van der Waals surface area contributed by atoms with Gasteiger partial charge in [-0.25, -0.2) is 4.98 Å². The number of amides is 1. The molecule has 0 unspecified atom stereocenters. The first-order chi connectivity index (χ1) is 9.46. The molecule has 1 aromatic rings. The van der Waals surface area contributed by atoms with Crippen LogP contribution in [0.3, 0.4) is 0 Å². The lowest BCUT2D eigenvalue weighted by Gasteiger charge is -2.14. The van der Waals surface area contributed by atoms with E-state index < -0.39 is 18.6 Å². The summed E-state index contributed by atoms with van der Waals surface area (Å²) in [6.07, 6.45) is -2.64. The van der Waals surface area contributed by atoms with Gasteiger partial charge in [0.2, 0.25) is 5.88 Å². The number of pyridine rings is 1. The molecule has 2 rings (SSSR count). The number of nitrogens with one attached hydrogen (secondary N) is 1. The Morgan fingerprint density at radius 1 is 1.55 bits per heavy atom. The Hall–Kier alpha value is -1.83. The summed E-state index contributed by atoms with van der Waals surface area (Å²) < 4.78 is 46.8. The van der Waals surface area contributed by atoms with Crippen LogP contribution in [-0.2, 0) is 4.74 Å². The minimum Gasteiger partial charge on any atom is -0.471 e. The Kier molecular flexibility index (Phi) is 4.43. The van der Waals surface area contributed by atoms with E-state index >= 15 is 0 Å². The number of rotatable bonds is 4. The Labute approximate surface area is 113 Å². The lowest BCUT2D eigenvalue weighted by Crippen LogP contribution is -2.34. The van der Waals surface area contributed by atoms with Gasteiger partial charge in [0, 0.05) is 12.6 Å². The summed E-state index contributed by atoms with van der Waals surface area (Å²) in [5, 5.41) is 1.79. The minimum absolute atomic E-state index is 0.0164. The lowest BCUT2D eigenvalue weighted by molar-refractivity contribution is -0.123. The second kappa shape index (κ2) is 6.08. The van der Waals surface area contributed by atoms with Gasteiger partial charge < -0.3 is 14.8 Å². The van der Waals surface area contributed by atoms with E-state index in [0.717, 1.165) is 0 Å². The Morgan fingerprint density at radius 3 is 3.00 bits per heavy atom. The third-order valence-electron chi connectivity index (χ3n) is 2.63. The zero-order chi connectivity index (χ0) is 14.6. The quantitative estimate of drug-likeness (QED) is 0.914. The third-order valence-corrected chi connectivity index (χ3v) is 2.63. The zero-order valence-corrected chi connectivity index (χ0v) is 10.4. The number of ether oxygens (including phenoxy) is 2. The number of halogens is 3. The van der Waals surface area contributed by atoms with Crippen LogP contribution < -0.4 is 10.1 Å². The molecule has 1 aliphatic heterocycles. The number of carbonyl (C=O) groups is 1. The summed E-state index contributed by atoms with van der Waals surface area (Å²) in [7, 11) is 0. The normalized spacial score (nSPS) is 18.9. The van der Waals surface area contributed by atoms with Gasteiger partial charge in [0.05, 0.1) is 13.2 Å². The van der Waals surface area contributed by atoms with Crippen LogP contribution >= 0.6 is 0 Å². The van der Waals surface area contributed by atoms with Crippen molar-refractivity contribution in [3.63, 3.8) is 0 Å². The topological polar surface area (TPSA) is 60.5 Å². The molecule has 110 valence electrons. The van der Waals surface area contributed by atoms with E-state index in [-0.39, 0.29) is 17.5 Å².